The maximum atomic E-state index is 12.1. The van der Waals surface area contributed by atoms with E-state index in [4.69, 9.17) is 16.3 Å². The molecule has 0 spiro atoms. The maximum absolute atomic E-state index is 12.1. The van der Waals surface area contributed by atoms with Gasteiger partial charge in [-0.15, -0.1) is 0 Å². The summed E-state index contributed by atoms with van der Waals surface area (Å²) in [6.07, 6.45) is -1.13. The Bertz CT molecular complexity index is 929. The third-order valence-electron chi connectivity index (χ3n) is 3.55. The lowest BCUT2D eigenvalue weighted by Crippen LogP contribution is -2.35. The van der Waals surface area contributed by atoms with E-state index < -0.39 is 34.5 Å². The van der Waals surface area contributed by atoms with Crippen molar-refractivity contribution in [3.63, 3.8) is 0 Å². The zero-order valence-electron chi connectivity index (χ0n) is 14.7. The number of carbonyl (C=O) groups is 2. The third-order valence-corrected chi connectivity index (χ3v) is 5.29. The van der Waals surface area contributed by atoms with Crippen LogP contribution in [0.25, 0.3) is 0 Å². The molecule has 1 unspecified atom stereocenters. The summed E-state index contributed by atoms with van der Waals surface area (Å²) >= 11 is 5.95. The van der Waals surface area contributed by atoms with E-state index in [2.05, 4.69) is 10.0 Å². The third kappa shape index (κ3) is 6.06. The van der Waals surface area contributed by atoms with Crippen LogP contribution >= 0.6 is 11.6 Å². The summed E-state index contributed by atoms with van der Waals surface area (Å²) < 4.78 is 31.4. The van der Waals surface area contributed by atoms with E-state index in [1.54, 1.807) is 36.4 Å². The number of ether oxygens (including phenoxy) is 1. The maximum Gasteiger partial charge on any atom is 0.321 e. The molecule has 0 heterocycles. The van der Waals surface area contributed by atoms with Gasteiger partial charge < -0.3 is 10.1 Å². The van der Waals surface area contributed by atoms with Crippen LogP contribution in [0, 0.1) is 6.92 Å². The average molecular weight is 411 g/mol. The van der Waals surface area contributed by atoms with Crippen molar-refractivity contribution in [1.82, 2.24) is 4.72 Å². The lowest BCUT2D eigenvalue weighted by Gasteiger charge is -2.14. The summed E-state index contributed by atoms with van der Waals surface area (Å²) in [5.41, 5.74) is 1.29. The summed E-state index contributed by atoms with van der Waals surface area (Å²) in [6.45, 7) is 2.61. The highest BCUT2D eigenvalue weighted by atomic mass is 35.5. The van der Waals surface area contributed by atoms with E-state index in [1.165, 1.54) is 19.1 Å². The van der Waals surface area contributed by atoms with Gasteiger partial charge in [0.2, 0.25) is 10.0 Å². The molecule has 2 N–H and O–H groups in total. The van der Waals surface area contributed by atoms with Crippen molar-refractivity contribution < 1.29 is 22.7 Å². The van der Waals surface area contributed by atoms with Gasteiger partial charge in [0, 0.05) is 0 Å². The zero-order chi connectivity index (χ0) is 20.0. The van der Waals surface area contributed by atoms with Gasteiger partial charge >= 0.3 is 5.97 Å². The number of benzene rings is 2. The minimum Gasteiger partial charge on any atom is -0.452 e. The smallest absolute Gasteiger partial charge is 0.321 e. The molecule has 0 aromatic heterocycles. The van der Waals surface area contributed by atoms with Gasteiger partial charge in [-0.1, -0.05) is 41.4 Å². The Labute approximate surface area is 162 Å². The Hall–Kier alpha value is -2.42. The predicted octanol–water partition coefficient (Wildman–Crippen LogP) is 2.50. The lowest BCUT2D eigenvalue weighted by atomic mass is 10.2. The molecule has 7 nitrogen and oxygen atoms in total. The second-order valence-corrected chi connectivity index (χ2v) is 7.91. The number of aryl methyl sites for hydroxylation is 1. The van der Waals surface area contributed by atoms with Gasteiger partial charge in [0.25, 0.3) is 5.91 Å². The van der Waals surface area contributed by atoms with Crippen molar-refractivity contribution in [1.29, 1.82) is 0 Å². The second kappa shape index (κ2) is 8.98. The molecular weight excluding hydrogens is 392 g/mol. The lowest BCUT2D eigenvalue weighted by molar-refractivity contribution is -0.151. The number of carbonyl (C=O) groups excluding carboxylic acids is 2. The highest BCUT2D eigenvalue weighted by molar-refractivity contribution is 7.89. The normalized spacial score (nSPS) is 12.3. The van der Waals surface area contributed by atoms with E-state index in [-0.39, 0.29) is 4.90 Å². The fraction of sp³-hybridized carbons (Fsp3) is 0.222. The topological polar surface area (TPSA) is 102 Å². The van der Waals surface area contributed by atoms with Crippen LogP contribution in [0.3, 0.4) is 0 Å². The fourth-order valence-corrected chi connectivity index (χ4v) is 3.20. The molecule has 0 saturated carbocycles. The van der Waals surface area contributed by atoms with Crippen LogP contribution in [0.4, 0.5) is 5.69 Å². The molecule has 2 aromatic carbocycles. The first kappa shape index (κ1) is 20.9. The molecule has 0 radical (unpaired) electrons. The predicted molar refractivity (Wildman–Crippen MR) is 102 cm³/mol. The second-order valence-electron chi connectivity index (χ2n) is 5.74. The summed E-state index contributed by atoms with van der Waals surface area (Å²) in [5, 5.41) is 2.87. The van der Waals surface area contributed by atoms with Gasteiger partial charge in [-0.3, -0.25) is 9.59 Å². The van der Waals surface area contributed by atoms with Crippen molar-refractivity contribution in [3.8, 4) is 0 Å². The monoisotopic (exact) mass is 410 g/mol. The van der Waals surface area contributed by atoms with Crippen LogP contribution in [-0.2, 0) is 24.3 Å². The largest absolute Gasteiger partial charge is 0.452 e. The van der Waals surface area contributed by atoms with E-state index in [0.717, 1.165) is 5.56 Å². The first-order valence-corrected chi connectivity index (χ1v) is 9.86. The number of hydrogen-bond donors (Lipinski definition) is 2. The number of anilines is 1. The van der Waals surface area contributed by atoms with Crippen LogP contribution in [0.2, 0.25) is 5.02 Å². The van der Waals surface area contributed by atoms with Gasteiger partial charge in [0.1, 0.15) is 6.54 Å². The molecule has 0 aliphatic heterocycles. The number of rotatable bonds is 7. The van der Waals surface area contributed by atoms with E-state index >= 15 is 0 Å². The standard InChI is InChI=1S/C18H19ClN2O5S/c1-12-7-9-14(10-8-12)27(24,25)20-11-17(22)26-13(2)18(23)21-16-6-4-3-5-15(16)19/h3-10,13,20H,11H2,1-2H3,(H,21,23). The summed E-state index contributed by atoms with van der Waals surface area (Å²) in [4.78, 5) is 24.0. The molecule has 1 atom stereocenters. The van der Waals surface area contributed by atoms with Crippen LogP contribution in [-0.4, -0.2) is 32.9 Å². The molecule has 9 heteroatoms. The van der Waals surface area contributed by atoms with E-state index in [1.807, 2.05) is 6.92 Å². The van der Waals surface area contributed by atoms with Crippen LogP contribution < -0.4 is 10.0 Å². The average Bonchev–Trinajstić information content (AvgIpc) is 2.62. The molecule has 144 valence electrons. The minimum atomic E-state index is -3.85. The Morgan fingerprint density at radius 1 is 1.11 bits per heavy atom. The summed E-state index contributed by atoms with van der Waals surface area (Å²) in [7, 11) is -3.85. The zero-order valence-corrected chi connectivity index (χ0v) is 16.3. The molecule has 0 aliphatic rings. The summed E-state index contributed by atoms with van der Waals surface area (Å²) in [5.74, 6) is -1.47. The van der Waals surface area contributed by atoms with Gasteiger partial charge in [-0.2, -0.15) is 4.72 Å². The fourth-order valence-electron chi connectivity index (χ4n) is 2.04. The van der Waals surface area contributed by atoms with Crippen molar-refractivity contribution >= 4 is 39.2 Å². The molecule has 0 bridgehead atoms. The van der Waals surface area contributed by atoms with Crippen LogP contribution in [0.1, 0.15) is 12.5 Å². The van der Waals surface area contributed by atoms with Crippen molar-refractivity contribution in [2.75, 3.05) is 11.9 Å². The number of para-hydroxylation sites is 1. The first-order valence-electron chi connectivity index (χ1n) is 8.00. The summed E-state index contributed by atoms with van der Waals surface area (Å²) in [6, 6.07) is 12.8. The van der Waals surface area contributed by atoms with Crippen molar-refractivity contribution in [2.24, 2.45) is 0 Å². The minimum absolute atomic E-state index is 0.0328. The molecule has 0 fully saturated rings. The van der Waals surface area contributed by atoms with Gasteiger partial charge in [-0.05, 0) is 38.1 Å². The first-order chi connectivity index (χ1) is 12.7. The Morgan fingerprint density at radius 2 is 1.74 bits per heavy atom. The number of hydrogen-bond acceptors (Lipinski definition) is 5. The van der Waals surface area contributed by atoms with Crippen molar-refractivity contribution in [3.05, 3.63) is 59.1 Å². The molecule has 2 rings (SSSR count). The number of esters is 1. The molecular formula is C18H19ClN2O5S. The van der Waals surface area contributed by atoms with Crippen LogP contribution in [0.5, 0.6) is 0 Å². The highest BCUT2D eigenvalue weighted by Crippen LogP contribution is 2.20. The van der Waals surface area contributed by atoms with Gasteiger partial charge in [-0.25, -0.2) is 8.42 Å². The number of amides is 1. The molecule has 2 aromatic rings. The van der Waals surface area contributed by atoms with Crippen molar-refractivity contribution in [2.45, 2.75) is 24.8 Å². The molecule has 1 amide bonds. The van der Waals surface area contributed by atoms with E-state index in [0.29, 0.717) is 10.7 Å². The Balaban J connectivity index is 1.88. The molecule has 0 aliphatic carbocycles. The number of sulfonamides is 1. The number of nitrogens with one attached hydrogen (secondary N) is 2. The number of halogens is 1. The Kier molecular flexibility index (Phi) is 6.95. The van der Waals surface area contributed by atoms with Crippen LogP contribution in [0.15, 0.2) is 53.4 Å². The highest BCUT2D eigenvalue weighted by Gasteiger charge is 2.21. The van der Waals surface area contributed by atoms with Gasteiger partial charge in [0.05, 0.1) is 15.6 Å². The quantitative estimate of drug-likeness (QED) is 0.683. The van der Waals surface area contributed by atoms with Gasteiger partial charge in [0.15, 0.2) is 6.10 Å². The molecule has 27 heavy (non-hydrogen) atoms. The SMILES string of the molecule is Cc1ccc(S(=O)(=O)NCC(=O)OC(C)C(=O)Nc2ccccc2Cl)cc1. The molecule has 0 saturated heterocycles. The Morgan fingerprint density at radius 3 is 2.37 bits per heavy atom. The van der Waals surface area contributed by atoms with E-state index in [9.17, 15) is 18.0 Å².